The third-order valence-electron chi connectivity index (χ3n) is 2.95. The highest BCUT2D eigenvalue weighted by Gasteiger charge is 2.07. The van der Waals surface area contributed by atoms with E-state index in [0.29, 0.717) is 21.2 Å². The fraction of sp³-hybridized carbons (Fsp3) is 0. The molecule has 3 aromatic rings. The van der Waals surface area contributed by atoms with E-state index in [1.165, 1.54) is 16.8 Å². The van der Waals surface area contributed by atoms with Crippen LogP contribution in [0.25, 0.3) is 11.4 Å². The van der Waals surface area contributed by atoms with Crippen LogP contribution < -0.4 is 0 Å². The zero-order valence-electron chi connectivity index (χ0n) is 11.2. The van der Waals surface area contributed by atoms with Gasteiger partial charge in [0.15, 0.2) is 5.82 Å². The van der Waals surface area contributed by atoms with E-state index < -0.39 is 0 Å². The molecule has 1 N–H and O–H groups in total. The van der Waals surface area contributed by atoms with Gasteiger partial charge in [0.1, 0.15) is 5.82 Å². The topological polar surface area (TPSA) is 46.0 Å². The molecule has 3 rings (SSSR count). The first-order valence-corrected chi connectivity index (χ1v) is 7.15. The molecule has 0 fully saturated rings. The van der Waals surface area contributed by atoms with Crippen molar-refractivity contribution in [2.45, 2.75) is 0 Å². The summed E-state index contributed by atoms with van der Waals surface area (Å²) in [5, 5.41) is 11.8. The fourth-order valence-corrected chi connectivity index (χ4v) is 2.16. The molecule has 1 heterocycles. The number of hydrogen-bond donors (Lipinski definition) is 1. The Labute approximate surface area is 135 Å². The molecule has 0 atom stereocenters. The molecular formula is C15H10ClFN4S. The van der Waals surface area contributed by atoms with E-state index in [1.54, 1.807) is 30.5 Å². The number of nitrogens with zero attached hydrogens (tertiary/aromatic N) is 3. The van der Waals surface area contributed by atoms with Crippen LogP contribution in [0.3, 0.4) is 0 Å². The van der Waals surface area contributed by atoms with Crippen LogP contribution >= 0.6 is 23.8 Å². The summed E-state index contributed by atoms with van der Waals surface area (Å²) < 4.78 is 14.8. The van der Waals surface area contributed by atoms with Gasteiger partial charge in [-0.15, -0.1) is 0 Å². The average molecular weight is 333 g/mol. The molecule has 0 amide bonds. The predicted molar refractivity (Wildman–Crippen MR) is 87.2 cm³/mol. The van der Waals surface area contributed by atoms with Gasteiger partial charge in [0.25, 0.3) is 0 Å². The Bertz CT molecular complexity index is 866. The number of hydrogen-bond acceptors (Lipinski definition) is 3. The minimum atomic E-state index is -0.311. The monoisotopic (exact) mass is 332 g/mol. The Balaban J connectivity index is 1.97. The molecule has 0 bridgehead atoms. The second-order valence-electron chi connectivity index (χ2n) is 4.47. The van der Waals surface area contributed by atoms with Gasteiger partial charge in [0.2, 0.25) is 4.77 Å². The molecule has 0 saturated heterocycles. The number of halogens is 2. The van der Waals surface area contributed by atoms with E-state index in [9.17, 15) is 4.39 Å². The molecule has 0 aliphatic rings. The lowest BCUT2D eigenvalue weighted by atomic mass is 10.2. The van der Waals surface area contributed by atoms with Crippen LogP contribution in [0.5, 0.6) is 0 Å². The maximum Gasteiger partial charge on any atom is 0.216 e. The summed E-state index contributed by atoms with van der Waals surface area (Å²) in [7, 11) is 0. The number of aromatic nitrogens is 3. The van der Waals surface area contributed by atoms with Gasteiger partial charge in [-0.1, -0.05) is 23.7 Å². The lowest BCUT2D eigenvalue weighted by molar-refractivity contribution is 0.628. The summed E-state index contributed by atoms with van der Waals surface area (Å²) in [6.45, 7) is 0. The Morgan fingerprint density at radius 2 is 1.82 bits per heavy atom. The van der Waals surface area contributed by atoms with Gasteiger partial charge < -0.3 is 0 Å². The largest absolute Gasteiger partial charge is 0.250 e. The minimum absolute atomic E-state index is 0.311. The molecule has 110 valence electrons. The highest BCUT2D eigenvalue weighted by molar-refractivity contribution is 7.71. The lowest BCUT2D eigenvalue weighted by Crippen LogP contribution is -1.95. The van der Waals surface area contributed by atoms with Crippen LogP contribution in [0, 0.1) is 10.6 Å². The molecule has 4 nitrogen and oxygen atoms in total. The summed E-state index contributed by atoms with van der Waals surface area (Å²) in [5.41, 5.74) is 1.58. The molecular weight excluding hydrogens is 323 g/mol. The number of rotatable bonds is 3. The Morgan fingerprint density at radius 3 is 2.50 bits per heavy atom. The average Bonchev–Trinajstić information content (AvgIpc) is 2.89. The van der Waals surface area contributed by atoms with E-state index in [1.807, 2.05) is 12.1 Å². The molecule has 7 heteroatoms. The second-order valence-corrected chi connectivity index (χ2v) is 5.29. The maximum atomic E-state index is 13.0. The zero-order chi connectivity index (χ0) is 15.5. The minimum Gasteiger partial charge on any atom is -0.250 e. The third kappa shape index (κ3) is 3.13. The smallest absolute Gasteiger partial charge is 0.216 e. The van der Waals surface area contributed by atoms with E-state index in [-0.39, 0.29) is 5.82 Å². The predicted octanol–water partition coefficient (Wildman–Crippen LogP) is 4.28. The molecule has 1 aromatic heterocycles. The third-order valence-corrected chi connectivity index (χ3v) is 3.46. The summed E-state index contributed by atoms with van der Waals surface area (Å²) in [6.07, 6.45) is 1.65. The van der Waals surface area contributed by atoms with Crippen molar-refractivity contribution in [1.82, 2.24) is 14.9 Å². The number of H-pyrrole nitrogens is 1. The van der Waals surface area contributed by atoms with Crippen molar-refractivity contribution in [3.05, 3.63) is 69.7 Å². The quantitative estimate of drug-likeness (QED) is 0.574. The van der Waals surface area contributed by atoms with Crippen LogP contribution in [0.4, 0.5) is 4.39 Å². The van der Waals surface area contributed by atoms with Gasteiger partial charge >= 0.3 is 0 Å². The van der Waals surface area contributed by atoms with Gasteiger partial charge in [-0.25, -0.2) is 9.49 Å². The second kappa shape index (κ2) is 6.21. The molecule has 0 aliphatic carbocycles. The first kappa shape index (κ1) is 14.6. The van der Waals surface area contributed by atoms with Crippen molar-refractivity contribution in [3.8, 4) is 11.4 Å². The van der Waals surface area contributed by atoms with E-state index in [4.69, 9.17) is 23.8 Å². The normalized spacial score (nSPS) is 11.2. The Kier molecular flexibility index (Phi) is 4.13. The van der Waals surface area contributed by atoms with Crippen molar-refractivity contribution in [2.24, 2.45) is 5.10 Å². The Hall–Kier alpha value is -2.31. The van der Waals surface area contributed by atoms with Crippen molar-refractivity contribution in [3.63, 3.8) is 0 Å². The summed E-state index contributed by atoms with van der Waals surface area (Å²) in [5.74, 6) is 0.198. The molecule has 0 radical (unpaired) electrons. The van der Waals surface area contributed by atoms with Crippen molar-refractivity contribution < 1.29 is 4.39 Å². The van der Waals surface area contributed by atoms with Crippen LogP contribution in [0.2, 0.25) is 5.02 Å². The molecule has 0 saturated carbocycles. The van der Waals surface area contributed by atoms with E-state index >= 15 is 0 Å². The van der Waals surface area contributed by atoms with Crippen molar-refractivity contribution in [1.29, 1.82) is 0 Å². The molecule has 0 aliphatic heterocycles. The molecule has 0 spiro atoms. The van der Waals surface area contributed by atoms with Crippen LogP contribution in [-0.2, 0) is 0 Å². The fourth-order valence-electron chi connectivity index (χ4n) is 1.86. The summed E-state index contributed by atoms with van der Waals surface area (Å²) in [6, 6.07) is 13.2. The first-order valence-electron chi connectivity index (χ1n) is 6.37. The molecule has 22 heavy (non-hydrogen) atoms. The van der Waals surface area contributed by atoms with Crippen molar-refractivity contribution in [2.75, 3.05) is 0 Å². The van der Waals surface area contributed by atoms with Crippen LogP contribution in [0.15, 0.2) is 53.6 Å². The number of aromatic amines is 1. The molecule has 2 aromatic carbocycles. The summed E-state index contributed by atoms with van der Waals surface area (Å²) >= 11 is 11.0. The summed E-state index contributed by atoms with van der Waals surface area (Å²) in [4.78, 5) is 0. The van der Waals surface area contributed by atoms with E-state index in [0.717, 1.165) is 5.56 Å². The van der Waals surface area contributed by atoms with Crippen LogP contribution in [0.1, 0.15) is 5.56 Å². The zero-order valence-corrected chi connectivity index (χ0v) is 12.8. The first-order chi connectivity index (χ1) is 10.6. The molecule has 0 unspecified atom stereocenters. The number of nitrogens with one attached hydrogen (secondary N) is 1. The standard InChI is InChI=1S/C15H10ClFN4S/c16-12-5-1-10(2-6-12)9-18-21-14(19-20-15(21)22)11-3-7-13(17)8-4-11/h1-9H,(H,20,22). The van der Waals surface area contributed by atoms with Gasteiger partial charge in [-0.2, -0.15) is 14.9 Å². The number of benzene rings is 2. The van der Waals surface area contributed by atoms with Gasteiger partial charge in [0.05, 0.1) is 6.21 Å². The van der Waals surface area contributed by atoms with E-state index in [2.05, 4.69) is 15.3 Å². The Morgan fingerprint density at radius 1 is 1.14 bits per heavy atom. The SMILES string of the molecule is Fc1ccc(-c2n[nH]c(=S)n2N=Cc2ccc(Cl)cc2)cc1. The highest BCUT2D eigenvalue weighted by atomic mass is 35.5. The van der Waals surface area contributed by atoms with Gasteiger partial charge in [-0.3, -0.25) is 0 Å². The van der Waals surface area contributed by atoms with Gasteiger partial charge in [-0.05, 0) is 54.2 Å². The van der Waals surface area contributed by atoms with Gasteiger partial charge in [0, 0.05) is 10.6 Å². The lowest BCUT2D eigenvalue weighted by Gasteiger charge is -2.01. The highest BCUT2D eigenvalue weighted by Crippen LogP contribution is 2.17. The van der Waals surface area contributed by atoms with Crippen molar-refractivity contribution >= 4 is 30.0 Å². The maximum absolute atomic E-state index is 13.0. The van der Waals surface area contributed by atoms with Crippen LogP contribution in [-0.4, -0.2) is 21.1 Å².